The van der Waals surface area contributed by atoms with Crippen molar-refractivity contribution in [1.29, 1.82) is 0 Å². The van der Waals surface area contributed by atoms with Gasteiger partial charge in [0.05, 0.1) is 0 Å². The molecule has 3 amide bonds. The maximum absolute atomic E-state index is 12.8. The van der Waals surface area contributed by atoms with Crippen molar-refractivity contribution in [2.75, 3.05) is 6.54 Å². The van der Waals surface area contributed by atoms with Crippen LogP contribution < -0.4 is 16.0 Å². The van der Waals surface area contributed by atoms with Crippen molar-refractivity contribution in [3.05, 3.63) is 0 Å². The smallest absolute Gasteiger partial charge is 0.408 e. The van der Waals surface area contributed by atoms with Crippen LogP contribution in [0.15, 0.2) is 0 Å². The van der Waals surface area contributed by atoms with Crippen molar-refractivity contribution >= 4 is 29.8 Å². The minimum Gasteiger partial charge on any atom is -0.481 e. The largest absolute Gasteiger partial charge is 0.481 e. The molecule has 1 fully saturated rings. The number of carbonyl (C=O) groups excluding carboxylic acids is 3. The topological polar surface area (TPSA) is 171 Å². The van der Waals surface area contributed by atoms with Gasteiger partial charge in [-0.3, -0.25) is 14.4 Å². The Balaban J connectivity index is 2.54. The summed E-state index contributed by atoms with van der Waals surface area (Å²) in [6, 6.07) is -1.96. The molecule has 0 aromatic heterocycles. The summed E-state index contributed by atoms with van der Waals surface area (Å²) in [5.41, 5.74) is -0.674. The Kier molecular flexibility index (Phi) is 12.0. The van der Waals surface area contributed by atoms with Crippen LogP contribution in [0.2, 0.25) is 0 Å². The number of carbonyl (C=O) groups is 5. The molecule has 200 valence electrons. The molecule has 1 unspecified atom stereocenters. The van der Waals surface area contributed by atoms with Gasteiger partial charge in [-0.25, -0.2) is 9.59 Å². The lowest BCUT2D eigenvalue weighted by atomic mass is 9.81. The Labute approximate surface area is 206 Å². The van der Waals surface area contributed by atoms with Gasteiger partial charge in [0.2, 0.25) is 11.8 Å². The van der Waals surface area contributed by atoms with Crippen LogP contribution in [0.25, 0.3) is 0 Å². The molecule has 0 saturated heterocycles. The fraction of sp³-hybridized carbons (Fsp3) is 0.792. The van der Waals surface area contributed by atoms with Crippen LogP contribution in [0.5, 0.6) is 0 Å². The van der Waals surface area contributed by atoms with Gasteiger partial charge in [-0.1, -0.05) is 20.3 Å². The number of amides is 3. The summed E-state index contributed by atoms with van der Waals surface area (Å²) in [7, 11) is 0. The minimum absolute atomic E-state index is 0.0924. The molecule has 11 heteroatoms. The van der Waals surface area contributed by atoms with Crippen LogP contribution in [-0.4, -0.2) is 64.3 Å². The molecular weight excluding hydrogens is 458 g/mol. The molecule has 1 rings (SSSR count). The van der Waals surface area contributed by atoms with Crippen molar-refractivity contribution < 1.29 is 38.9 Å². The van der Waals surface area contributed by atoms with E-state index in [2.05, 4.69) is 16.0 Å². The van der Waals surface area contributed by atoms with Gasteiger partial charge in [-0.15, -0.1) is 0 Å². The van der Waals surface area contributed by atoms with Gasteiger partial charge < -0.3 is 30.9 Å². The quantitative estimate of drug-likeness (QED) is 0.272. The number of hydrogen-bond donors (Lipinski definition) is 5. The Hall–Kier alpha value is -2.85. The number of hydrogen-bond acceptors (Lipinski definition) is 6. The van der Waals surface area contributed by atoms with Gasteiger partial charge >= 0.3 is 18.0 Å². The molecule has 0 heterocycles. The van der Waals surface area contributed by atoms with E-state index in [0.717, 1.165) is 0 Å². The van der Waals surface area contributed by atoms with Crippen LogP contribution in [0.4, 0.5) is 4.79 Å². The molecule has 0 aromatic carbocycles. The van der Waals surface area contributed by atoms with Crippen LogP contribution in [-0.2, 0) is 23.9 Å². The van der Waals surface area contributed by atoms with Crippen LogP contribution in [0.3, 0.4) is 0 Å². The lowest BCUT2D eigenvalue weighted by molar-refractivity contribution is -0.144. The van der Waals surface area contributed by atoms with Gasteiger partial charge in [0, 0.05) is 18.9 Å². The van der Waals surface area contributed by atoms with Gasteiger partial charge in [0.25, 0.3) is 0 Å². The van der Waals surface area contributed by atoms with Crippen LogP contribution in [0, 0.1) is 17.8 Å². The highest BCUT2D eigenvalue weighted by molar-refractivity contribution is 5.86. The number of aliphatic carboxylic acids is 2. The highest BCUT2D eigenvalue weighted by atomic mass is 16.6. The third kappa shape index (κ3) is 11.4. The number of carboxylic acids is 2. The van der Waals surface area contributed by atoms with E-state index in [1.807, 2.05) is 13.8 Å². The Morgan fingerprint density at radius 1 is 1.00 bits per heavy atom. The zero-order valence-corrected chi connectivity index (χ0v) is 21.4. The van der Waals surface area contributed by atoms with Crippen molar-refractivity contribution in [3.8, 4) is 0 Å². The Morgan fingerprint density at radius 3 is 2.09 bits per heavy atom. The summed E-state index contributed by atoms with van der Waals surface area (Å²) in [6.45, 7) is 9.47. The van der Waals surface area contributed by atoms with Gasteiger partial charge in [-0.2, -0.15) is 0 Å². The predicted octanol–water partition coefficient (Wildman–Crippen LogP) is 2.28. The maximum atomic E-state index is 12.8. The molecule has 1 aliphatic carbocycles. The third-order valence-corrected chi connectivity index (χ3v) is 6.21. The van der Waals surface area contributed by atoms with E-state index in [1.165, 1.54) is 0 Å². The summed E-state index contributed by atoms with van der Waals surface area (Å²) in [6.07, 6.45) is 1.98. The molecule has 0 aromatic rings. The van der Waals surface area contributed by atoms with E-state index in [9.17, 15) is 29.1 Å². The summed E-state index contributed by atoms with van der Waals surface area (Å²) in [5.74, 6) is -3.33. The molecule has 0 spiro atoms. The van der Waals surface area contributed by atoms with E-state index in [-0.39, 0.29) is 42.4 Å². The number of nitrogens with one attached hydrogen (secondary N) is 3. The predicted molar refractivity (Wildman–Crippen MR) is 128 cm³/mol. The summed E-state index contributed by atoms with van der Waals surface area (Å²) >= 11 is 0. The van der Waals surface area contributed by atoms with Gasteiger partial charge in [-0.05, 0) is 64.7 Å². The van der Waals surface area contributed by atoms with Gasteiger partial charge in [0.1, 0.15) is 17.7 Å². The summed E-state index contributed by atoms with van der Waals surface area (Å²) in [5, 5.41) is 26.0. The average molecular weight is 500 g/mol. The normalized spacial score (nSPS) is 20.6. The lowest BCUT2D eigenvalue weighted by Crippen LogP contribution is -2.52. The van der Waals surface area contributed by atoms with Crippen molar-refractivity contribution in [2.24, 2.45) is 17.8 Å². The maximum Gasteiger partial charge on any atom is 0.408 e. The van der Waals surface area contributed by atoms with E-state index in [0.29, 0.717) is 38.6 Å². The van der Waals surface area contributed by atoms with E-state index in [4.69, 9.17) is 9.84 Å². The SMILES string of the molecule is CCC(C)[C@H](NC(=O)OC(C)(C)C)C(=O)NCC1CCC(C(=O)N[C@@H](CCC(=O)O)C(=O)O)CC1. The van der Waals surface area contributed by atoms with Gasteiger partial charge in [0.15, 0.2) is 0 Å². The zero-order chi connectivity index (χ0) is 26.8. The van der Waals surface area contributed by atoms with Crippen molar-refractivity contribution in [3.63, 3.8) is 0 Å². The number of alkyl carbamates (subject to hydrolysis) is 1. The van der Waals surface area contributed by atoms with E-state index < -0.39 is 35.7 Å². The molecule has 0 radical (unpaired) electrons. The van der Waals surface area contributed by atoms with Crippen molar-refractivity contribution in [2.45, 2.75) is 97.2 Å². The first-order chi connectivity index (χ1) is 16.2. The first-order valence-electron chi connectivity index (χ1n) is 12.3. The molecule has 11 nitrogen and oxygen atoms in total. The van der Waals surface area contributed by atoms with Crippen LogP contribution >= 0.6 is 0 Å². The molecule has 35 heavy (non-hydrogen) atoms. The lowest BCUT2D eigenvalue weighted by Gasteiger charge is -2.30. The fourth-order valence-corrected chi connectivity index (χ4v) is 3.93. The van der Waals surface area contributed by atoms with Crippen LogP contribution in [0.1, 0.15) is 79.6 Å². The highest BCUT2D eigenvalue weighted by Crippen LogP contribution is 2.29. The Bertz CT molecular complexity index is 756. The summed E-state index contributed by atoms with van der Waals surface area (Å²) < 4.78 is 5.28. The molecule has 1 saturated carbocycles. The van der Waals surface area contributed by atoms with E-state index >= 15 is 0 Å². The van der Waals surface area contributed by atoms with Crippen molar-refractivity contribution in [1.82, 2.24) is 16.0 Å². The molecular formula is C24H41N3O8. The fourth-order valence-electron chi connectivity index (χ4n) is 3.93. The summed E-state index contributed by atoms with van der Waals surface area (Å²) in [4.78, 5) is 59.5. The Morgan fingerprint density at radius 2 is 1.60 bits per heavy atom. The second-order valence-electron chi connectivity index (χ2n) is 10.3. The monoisotopic (exact) mass is 499 g/mol. The molecule has 0 bridgehead atoms. The highest BCUT2D eigenvalue weighted by Gasteiger charge is 2.31. The standard InChI is InChI=1S/C24H41N3O8/c1-6-14(2)19(27-23(34)35-24(3,4)5)21(31)25-13-15-7-9-16(10-8-15)20(30)26-17(22(32)33)11-12-18(28)29/h14-17,19H,6-13H2,1-5H3,(H,25,31)(H,26,30)(H,27,34)(H,28,29)(H,32,33)/t14?,15?,16?,17-,19-/m0/s1. The second kappa shape index (κ2) is 13.9. The minimum atomic E-state index is -1.26. The molecule has 1 aliphatic rings. The zero-order valence-electron chi connectivity index (χ0n) is 21.4. The average Bonchev–Trinajstić information content (AvgIpc) is 2.76. The number of ether oxygens (including phenoxy) is 1. The molecule has 0 aliphatic heterocycles. The van der Waals surface area contributed by atoms with E-state index in [1.54, 1.807) is 20.8 Å². The number of carboxylic acid groups (broad SMARTS) is 2. The first-order valence-corrected chi connectivity index (χ1v) is 12.3. The molecule has 5 N–H and O–H groups in total. The number of rotatable bonds is 12. The first kappa shape index (κ1) is 30.2. The second-order valence-corrected chi connectivity index (χ2v) is 10.3. The third-order valence-electron chi connectivity index (χ3n) is 6.21. The molecule has 3 atom stereocenters.